The molecule has 2 amide bonds. The minimum absolute atomic E-state index is 0.00292. The van der Waals surface area contributed by atoms with Crippen LogP contribution in [0.5, 0.6) is 5.75 Å². The highest BCUT2D eigenvalue weighted by Gasteiger charge is 2.71. The fourth-order valence-electron chi connectivity index (χ4n) is 4.32. The zero-order valence-corrected chi connectivity index (χ0v) is 26.1. The maximum Gasteiger partial charge on any atom is 0.430 e. The van der Waals surface area contributed by atoms with Gasteiger partial charge in [-0.2, -0.15) is 26.3 Å². The molecule has 246 valence electrons. The number of carbonyl (C=O) groups excluding carboxylic acids is 2. The molecule has 2 aromatic carbocycles. The molecule has 45 heavy (non-hydrogen) atoms. The predicted octanol–water partition coefficient (Wildman–Crippen LogP) is 6.90. The number of hydrogen-bond donors (Lipinski definition) is 2. The molecular weight excluding hydrogens is 651 g/mol. The molecule has 2 N–H and O–H groups in total. The van der Waals surface area contributed by atoms with Crippen LogP contribution in [0.3, 0.4) is 0 Å². The van der Waals surface area contributed by atoms with Crippen molar-refractivity contribution >= 4 is 41.7 Å². The number of benzene rings is 2. The topological polar surface area (TPSA) is 91.2 Å². The highest BCUT2D eigenvalue weighted by Crippen LogP contribution is 2.50. The van der Waals surface area contributed by atoms with Crippen LogP contribution in [-0.4, -0.2) is 61.5 Å². The summed E-state index contributed by atoms with van der Waals surface area (Å²) in [7, 11) is 2.97. The van der Waals surface area contributed by atoms with E-state index in [4.69, 9.17) is 27.9 Å². The Morgan fingerprint density at radius 1 is 1.04 bits per heavy atom. The van der Waals surface area contributed by atoms with Crippen LogP contribution in [0, 0.1) is 0 Å². The monoisotopic (exact) mass is 681 g/mol. The van der Waals surface area contributed by atoms with Crippen LogP contribution >= 0.6 is 23.2 Å². The number of allylic oxidation sites excluding steroid dienone is 1. The quantitative estimate of drug-likeness (QED) is 0.0792. The Morgan fingerprint density at radius 3 is 2.20 bits per heavy atom. The van der Waals surface area contributed by atoms with Crippen molar-refractivity contribution in [2.75, 3.05) is 20.6 Å². The van der Waals surface area contributed by atoms with Gasteiger partial charge in [0.05, 0.1) is 16.3 Å². The predicted molar refractivity (Wildman–Crippen MR) is 159 cm³/mol. The van der Waals surface area contributed by atoms with E-state index in [1.54, 1.807) is 6.92 Å². The molecule has 15 heteroatoms. The molecule has 0 aliphatic rings. The van der Waals surface area contributed by atoms with E-state index in [2.05, 4.69) is 10.3 Å². The first-order valence-corrected chi connectivity index (χ1v) is 14.0. The Balaban J connectivity index is 2.39. The molecular formula is C30H31Cl2F6N3O4. The number of carbonyl (C=O) groups is 2. The summed E-state index contributed by atoms with van der Waals surface area (Å²) in [5.41, 5.74) is -7.21. The lowest BCUT2D eigenvalue weighted by Gasteiger charge is -2.33. The Labute approximate surface area is 266 Å². The molecule has 2 aromatic rings. The van der Waals surface area contributed by atoms with Gasteiger partial charge in [0, 0.05) is 32.4 Å². The zero-order valence-electron chi connectivity index (χ0n) is 24.6. The third-order valence-corrected chi connectivity index (χ3v) is 7.51. The Bertz CT molecular complexity index is 1450. The number of halogens is 8. The van der Waals surface area contributed by atoms with Gasteiger partial charge in [-0.15, -0.1) is 0 Å². The average molecular weight is 682 g/mol. The van der Waals surface area contributed by atoms with Crippen molar-refractivity contribution in [1.82, 2.24) is 10.2 Å². The van der Waals surface area contributed by atoms with Crippen molar-refractivity contribution in [2.45, 2.75) is 50.2 Å². The minimum Gasteiger partial charge on any atom is -0.465 e. The summed E-state index contributed by atoms with van der Waals surface area (Å²) < 4.78 is 86.1. The van der Waals surface area contributed by atoms with Gasteiger partial charge in [0.25, 0.3) is 11.5 Å². The molecule has 0 spiro atoms. The third kappa shape index (κ3) is 8.59. The summed E-state index contributed by atoms with van der Waals surface area (Å²) in [6.45, 7) is 3.09. The van der Waals surface area contributed by atoms with E-state index in [0.717, 1.165) is 12.3 Å². The van der Waals surface area contributed by atoms with Crippen molar-refractivity contribution in [3.63, 3.8) is 0 Å². The molecule has 0 saturated carbocycles. The van der Waals surface area contributed by atoms with Gasteiger partial charge in [-0.05, 0) is 66.5 Å². The summed E-state index contributed by atoms with van der Waals surface area (Å²) in [5.74, 6) is -0.580. The molecule has 2 rings (SSSR count). The standard InChI is InChI=1S/C30H31Cl2F6N3O4/c1-5-6-20-15-22(28(44,29(33,34)35)30(36,37)38)8-10-25(20)45-14-12-19(11-13-39-3)17-41(4)26(43)27(2,40-18-42)21-7-9-23(31)24(32)16-21/h7-16,18,44H,5-6,17H2,1-4H3,(H,40,42)/b14-12+,19-11+,39-13?. The molecule has 0 fully saturated rings. The second-order valence-electron chi connectivity index (χ2n) is 10.0. The molecule has 7 nitrogen and oxygen atoms in total. The van der Waals surface area contributed by atoms with Crippen LogP contribution in [0.15, 0.2) is 65.4 Å². The van der Waals surface area contributed by atoms with Gasteiger partial charge in [-0.3, -0.25) is 14.6 Å². The average Bonchev–Trinajstić information content (AvgIpc) is 2.95. The number of alkyl halides is 6. The van der Waals surface area contributed by atoms with Crippen LogP contribution in [-0.2, 0) is 27.1 Å². The van der Waals surface area contributed by atoms with E-state index in [1.807, 2.05) is 0 Å². The highest BCUT2D eigenvalue weighted by atomic mass is 35.5. The van der Waals surface area contributed by atoms with Gasteiger partial charge in [0.15, 0.2) is 0 Å². The number of nitrogens with one attached hydrogen (secondary N) is 1. The molecule has 0 radical (unpaired) electrons. The first-order chi connectivity index (χ1) is 20.9. The lowest BCUT2D eigenvalue weighted by molar-refractivity contribution is -0.376. The normalized spacial score (nSPS) is 14.5. The number of aryl methyl sites for hydroxylation is 1. The van der Waals surface area contributed by atoms with E-state index in [9.17, 15) is 41.0 Å². The van der Waals surface area contributed by atoms with Gasteiger partial charge >= 0.3 is 12.4 Å². The minimum atomic E-state index is -6.03. The summed E-state index contributed by atoms with van der Waals surface area (Å²) in [6.07, 6.45) is -5.78. The van der Waals surface area contributed by atoms with Crippen molar-refractivity contribution < 1.29 is 45.8 Å². The van der Waals surface area contributed by atoms with Crippen LogP contribution in [0.25, 0.3) is 0 Å². The van der Waals surface area contributed by atoms with Crippen LogP contribution in [0.4, 0.5) is 26.3 Å². The largest absolute Gasteiger partial charge is 0.465 e. The van der Waals surface area contributed by atoms with Crippen molar-refractivity contribution in [2.24, 2.45) is 4.99 Å². The van der Waals surface area contributed by atoms with E-state index >= 15 is 0 Å². The summed E-state index contributed by atoms with van der Waals surface area (Å²) in [6, 6.07) is 6.49. The van der Waals surface area contributed by atoms with Gasteiger partial charge < -0.3 is 20.1 Å². The Morgan fingerprint density at radius 2 is 1.67 bits per heavy atom. The third-order valence-electron chi connectivity index (χ3n) is 6.77. The second kappa shape index (κ2) is 15.2. The molecule has 1 atom stereocenters. The summed E-state index contributed by atoms with van der Waals surface area (Å²) >= 11 is 12.1. The van der Waals surface area contributed by atoms with Crippen molar-refractivity contribution in [1.29, 1.82) is 0 Å². The maximum atomic E-state index is 13.6. The summed E-state index contributed by atoms with van der Waals surface area (Å²) in [5, 5.41) is 12.7. The lowest BCUT2D eigenvalue weighted by Crippen LogP contribution is -2.53. The molecule has 0 aliphatic carbocycles. The van der Waals surface area contributed by atoms with E-state index < -0.39 is 35.0 Å². The number of aliphatic imine (C=N–C) groups is 1. The van der Waals surface area contributed by atoms with Gasteiger partial charge in [0.1, 0.15) is 11.3 Å². The Kier molecular flexibility index (Phi) is 12.7. The number of likely N-dealkylation sites (N-methyl/N-ethyl adjacent to an activating group) is 1. The number of rotatable bonds is 13. The molecule has 0 aliphatic heterocycles. The first kappa shape index (κ1) is 37.6. The van der Waals surface area contributed by atoms with E-state index in [1.165, 1.54) is 62.5 Å². The number of ether oxygens (including phenoxy) is 1. The van der Waals surface area contributed by atoms with E-state index in [0.29, 0.717) is 36.1 Å². The number of amides is 2. The van der Waals surface area contributed by atoms with Crippen LogP contribution in [0.2, 0.25) is 10.0 Å². The fraction of sp³-hybridized carbons (Fsp3) is 0.367. The van der Waals surface area contributed by atoms with Gasteiger partial charge in [-0.1, -0.05) is 48.7 Å². The molecule has 0 heterocycles. The second-order valence-corrected chi connectivity index (χ2v) is 10.8. The number of aliphatic hydroxyl groups is 1. The zero-order chi connectivity index (χ0) is 34.2. The molecule has 0 bridgehead atoms. The smallest absolute Gasteiger partial charge is 0.430 e. The SMILES string of the molecule is CCCc1cc(C(O)(C(F)(F)F)C(F)(F)F)ccc1O/C=C/C(=C\C=NC)CN(C)C(=O)C(C)(NC=O)c1ccc(Cl)c(Cl)c1. The van der Waals surface area contributed by atoms with Gasteiger partial charge in [0.2, 0.25) is 6.41 Å². The molecule has 0 aromatic heterocycles. The lowest BCUT2D eigenvalue weighted by atomic mass is 9.90. The van der Waals surface area contributed by atoms with Gasteiger partial charge in [-0.25, -0.2) is 0 Å². The van der Waals surface area contributed by atoms with Crippen molar-refractivity contribution in [3.8, 4) is 5.75 Å². The number of nitrogens with zero attached hydrogens (tertiary/aromatic N) is 2. The first-order valence-electron chi connectivity index (χ1n) is 13.2. The molecule has 0 saturated heterocycles. The maximum absolute atomic E-state index is 13.6. The van der Waals surface area contributed by atoms with Crippen molar-refractivity contribution in [3.05, 3.63) is 87.1 Å². The van der Waals surface area contributed by atoms with E-state index in [-0.39, 0.29) is 34.3 Å². The van der Waals surface area contributed by atoms with Crippen LogP contribution in [0.1, 0.15) is 37.0 Å². The Hall–Kier alpha value is -3.55. The van der Waals surface area contributed by atoms with Crippen LogP contribution < -0.4 is 10.1 Å². The summed E-state index contributed by atoms with van der Waals surface area (Å²) in [4.78, 5) is 30.2. The number of hydrogen-bond acceptors (Lipinski definition) is 5. The fourth-order valence-corrected chi connectivity index (χ4v) is 4.62. The highest BCUT2D eigenvalue weighted by molar-refractivity contribution is 6.42. The molecule has 1 unspecified atom stereocenters.